The van der Waals surface area contributed by atoms with Crippen LogP contribution in [0.3, 0.4) is 0 Å². The van der Waals surface area contributed by atoms with Gasteiger partial charge < -0.3 is 14.4 Å². The SMILES string of the molecule is COc1ccc(S(=O)(=O)C2CCN(c3nc(-c4cc(C)cc(C)c4)cs3)CC2)c(OC)c1. The molecule has 2 heterocycles. The van der Waals surface area contributed by atoms with Gasteiger partial charge in [-0.25, -0.2) is 13.4 Å². The van der Waals surface area contributed by atoms with Gasteiger partial charge >= 0.3 is 0 Å². The summed E-state index contributed by atoms with van der Waals surface area (Å²) in [4.78, 5) is 7.26. The number of aromatic nitrogens is 1. The average molecular weight is 473 g/mol. The molecule has 1 aliphatic rings. The predicted octanol–water partition coefficient (Wildman–Crippen LogP) is 4.89. The Morgan fingerprint density at radius 2 is 1.69 bits per heavy atom. The Bertz CT molecular complexity index is 1190. The molecule has 3 aromatic rings. The second-order valence-electron chi connectivity index (χ2n) is 8.14. The van der Waals surface area contributed by atoms with E-state index in [9.17, 15) is 8.42 Å². The quantitative estimate of drug-likeness (QED) is 0.509. The Labute approximate surface area is 193 Å². The fourth-order valence-corrected chi connectivity index (χ4v) is 6.97. The summed E-state index contributed by atoms with van der Waals surface area (Å²) in [6.45, 7) is 5.49. The van der Waals surface area contributed by atoms with Crippen molar-refractivity contribution in [3.8, 4) is 22.8 Å². The highest BCUT2D eigenvalue weighted by molar-refractivity contribution is 7.92. The number of hydrogen-bond donors (Lipinski definition) is 0. The molecular weight excluding hydrogens is 444 g/mol. The van der Waals surface area contributed by atoms with E-state index in [-0.39, 0.29) is 4.90 Å². The maximum Gasteiger partial charge on any atom is 0.185 e. The zero-order valence-corrected chi connectivity index (χ0v) is 20.4. The molecule has 1 aromatic heterocycles. The molecule has 0 bridgehead atoms. The molecule has 32 heavy (non-hydrogen) atoms. The third kappa shape index (κ3) is 4.47. The van der Waals surface area contributed by atoms with E-state index in [1.165, 1.54) is 18.2 Å². The summed E-state index contributed by atoms with van der Waals surface area (Å²) in [6, 6.07) is 11.3. The van der Waals surface area contributed by atoms with Gasteiger partial charge in [0, 0.05) is 30.1 Å². The number of thiazole rings is 1. The predicted molar refractivity (Wildman–Crippen MR) is 129 cm³/mol. The normalized spacial score (nSPS) is 15.1. The molecule has 8 heteroatoms. The number of ether oxygens (including phenoxy) is 2. The standard InChI is InChI=1S/C24H28N2O4S2/c1-16-11-17(2)13-18(12-16)21-15-31-24(25-21)26-9-7-20(8-10-26)32(27,28)23-6-5-19(29-3)14-22(23)30-4/h5-6,11-15,20H,7-10H2,1-4H3. The van der Waals surface area contributed by atoms with Crippen LogP contribution in [0.25, 0.3) is 11.3 Å². The van der Waals surface area contributed by atoms with Crippen LogP contribution in [0.2, 0.25) is 0 Å². The van der Waals surface area contributed by atoms with E-state index in [0.717, 1.165) is 16.4 Å². The maximum absolute atomic E-state index is 13.3. The van der Waals surface area contributed by atoms with E-state index in [2.05, 4.69) is 42.3 Å². The van der Waals surface area contributed by atoms with E-state index in [1.807, 2.05) is 0 Å². The smallest absolute Gasteiger partial charge is 0.185 e. The first-order chi connectivity index (χ1) is 15.3. The molecule has 6 nitrogen and oxygen atoms in total. The molecule has 0 aliphatic carbocycles. The highest BCUT2D eigenvalue weighted by Crippen LogP contribution is 2.35. The van der Waals surface area contributed by atoms with E-state index < -0.39 is 15.1 Å². The van der Waals surface area contributed by atoms with Gasteiger partial charge in [0.15, 0.2) is 15.0 Å². The molecule has 0 unspecified atom stereocenters. The molecule has 0 N–H and O–H groups in total. The van der Waals surface area contributed by atoms with Gasteiger partial charge in [0.1, 0.15) is 16.4 Å². The minimum Gasteiger partial charge on any atom is -0.497 e. The van der Waals surface area contributed by atoms with Crippen molar-refractivity contribution in [2.75, 3.05) is 32.2 Å². The topological polar surface area (TPSA) is 68.7 Å². The molecule has 1 saturated heterocycles. The molecule has 1 fully saturated rings. The van der Waals surface area contributed by atoms with E-state index in [4.69, 9.17) is 14.5 Å². The summed E-state index contributed by atoms with van der Waals surface area (Å²) in [6.07, 6.45) is 1.10. The van der Waals surface area contributed by atoms with Crippen molar-refractivity contribution >= 4 is 26.3 Å². The lowest BCUT2D eigenvalue weighted by molar-refractivity contribution is 0.385. The first-order valence-electron chi connectivity index (χ1n) is 10.6. The number of aryl methyl sites for hydroxylation is 2. The molecule has 1 aliphatic heterocycles. The van der Waals surface area contributed by atoms with Crippen molar-refractivity contribution < 1.29 is 17.9 Å². The number of rotatable bonds is 6. The second-order valence-corrected chi connectivity index (χ2v) is 11.2. The van der Waals surface area contributed by atoms with E-state index >= 15 is 0 Å². The van der Waals surface area contributed by atoms with E-state index in [0.29, 0.717) is 37.4 Å². The van der Waals surface area contributed by atoms with Crippen LogP contribution in [0.15, 0.2) is 46.7 Å². The van der Waals surface area contributed by atoms with Gasteiger partial charge in [-0.1, -0.05) is 17.2 Å². The molecule has 0 spiro atoms. The Balaban J connectivity index is 1.48. The number of benzene rings is 2. The van der Waals surface area contributed by atoms with Crippen molar-refractivity contribution in [3.63, 3.8) is 0 Å². The van der Waals surface area contributed by atoms with Crippen LogP contribution in [-0.2, 0) is 9.84 Å². The highest BCUT2D eigenvalue weighted by Gasteiger charge is 2.34. The molecule has 0 amide bonds. The lowest BCUT2D eigenvalue weighted by Gasteiger charge is -2.31. The summed E-state index contributed by atoms with van der Waals surface area (Å²) in [5, 5.41) is 2.58. The third-order valence-electron chi connectivity index (χ3n) is 5.84. The zero-order chi connectivity index (χ0) is 22.9. The minimum atomic E-state index is -3.51. The first kappa shape index (κ1) is 22.6. The molecule has 0 atom stereocenters. The largest absolute Gasteiger partial charge is 0.497 e. The fraction of sp³-hybridized carbons (Fsp3) is 0.375. The number of sulfone groups is 1. The average Bonchev–Trinajstić information content (AvgIpc) is 3.28. The number of anilines is 1. The van der Waals surface area contributed by atoms with Crippen molar-refractivity contribution in [1.29, 1.82) is 0 Å². The monoisotopic (exact) mass is 472 g/mol. The summed E-state index contributed by atoms with van der Waals surface area (Å²) in [5.74, 6) is 0.892. The van der Waals surface area contributed by atoms with Crippen LogP contribution < -0.4 is 14.4 Å². The van der Waals surface area contributed by atoms with E-state index in [1.54, 1.807) is 36.6 Å². The minimum absolute atomic E-state index is 0.227. The van der Waals surface area contributed by atoms with Crippen LogP contribution in [0.5, 0.6) is 11.5 Å². The van der Waals surface area contributed by atoms with Gasteiger partial charge in [-0.3, -0.25) is 0 Å². The van der Waals surface area contributed by atoms with Crippen LogP contribution in [0.1, 0.15) is 24.0 Å². The summed E-state index contributed by atoms with van der Waals surface area (Å²) >= 11 is 1.61. The fourth-order valence-electron chi connectivity index (χ4n) is 4.21. The zero-order valence-electron chi connectivity index (χ0n) is 18.8. The van der Waals surface area contributed by atoms with Gasteiger partial charge in [0.2, 0.25) is 0 Å². The van der Waals surface area contributed by atoms with Crippen molar-refractivity contribution in [1.82, 2.24) is 4.98 Å². The van der Waals surface area contributed by atoms with Crippen LogP contribution in [-0.4, -0.2) is 46.0 Å². The molecule has 0 saturated carbocycles. The Hall–Kier alpha value is -2.58. The van der Waals surface area contributed by atoms with Crippen LogP contribution >= 0.6 is 11.3 Å². The molecule has 4 rings (SSSR count). The number of piperidine rings is 1. The lowest BCUT2D eigenvalue weighted by atomic mass is 10.1. The van der Waals surface area contributed by atoms with Gasteiger partial charge in [-0.15, -0.1) is 11.3 Å². The van der Waals surface area contributed by atoms with Gasteiger partial charge in [-0.2, -0.15) is 0 Å². The Kier molecular flexibility index (Phi) is 6.44. The molecule has 2 aromatic carbocycles. The Morgan fingerprint density at radius 3 is 2.31 bits per heavy atom. The molecule has 0 radical (unpaired) electrons. The lowest BCUT2D eigenvalue weighted by Crippen LogP contribution is -2.39. The van der Waals surface area contributed by atoms with Gasteiger partial charge in [0.25, 0.3) is 0 Å². The number of methoxy groups -OCH3 is 2. The van der Waals surface area contributed by atoms with Crippen LogP contribution in [0.4, 0.5) is 5.13 Å². The highest BCUT2D eigenvalue weighted by atomic mass is 32.2. The summed E-state index contributed by atoms with van der Waals surface area (Å²) in [5.41, 5.74) is 4.52. The van der Waals surface area contributed by atoms with Crippen LogP contribution in [0, 0.1) is 13.8 Å². The van der Waals surface area contributed by atoms with Crippen molar-refractivity contribution in [2.45, 2.75) is 36.8 Å². The summed E-state index contributed by atoms with van der Waals surface area (Å²) in [7, 11) is -0.484. The summed E-state index contributed by atoms with van der Waals surface area (Å²) < 4.78 is 37.2. The molecule has 170 valence electrons. The maximum atomic E-state index is 13.3. The first-order valence-corrected chi connectivity index (χ1v) is 13.0. The Morgan fingerprint density at radius 1 is 1.00 bits per heavy atom. The van der Waals surface area contributed by atoms with Crippen molar-refractivity contribution in [2.24, 2.45) is 0 Å². The number of nitrogens with zero attached hydrogens (tertiary/aromatic N) is 2. The van der Waals surface area contributed by atoms with Crippen molar-refractivity contribution in [3.05, 3.63) is 52.9 Å². The second kappa shape index (κ2) is 9.11. The van der Waals surface area contributed by atoms with Gasteiger partial charge in [0.05, 0.1) is 25.2 Å². The third-order valence-corrected chi connectivity index (χ3v) is 9.04. The van der Waals surface area contributed by atoms with Gasteiger partial charge in [-0.05, 0) is 51.0 Å². The molecular formula is C24H28N2O4S2. The number of hydrogen-bond acceptors (Lipinski definition) is 7.